The zero-order valence-corrected chi connectivity index (χ0v) is 10.4. The molecule has 0 aromatic carbocycles. The molecule has 1 N–H and O–H groups in total. The fraction of sp³-hybridized carbons (Fsp3) is 0.444. The van der Waals surface area contributed by atoms with Crippen LogP contribution in [0, 0.1) is 0 Å². The quantitative estimate of drug-likeness (QED) is 0.595. The van der Waals surface area contributed by atoms with Gasteiger partial charge < -0.3 is 5.32 Å². The molecule has 0 atom stereocenters. The minimum Gasteiger partial charge on any atom is -0.310 e. The van der Waals surface area contributed by atoms with E-state index in [1.165, 1.54) is 0 Å². The van der Waals surface area contributed by atoms with E-state index in [9.17, 15) is 0 Å². The number of aromatic nitrogens is 1. The van der Waals surface area contributed by atoms with Crippen LogP contribution >= 0.6 is 35.5 Å². The molecule has 14 heavy (non-hydrogen) atoms. The summed E-state index contributed by atoms with van der Waals surface area (Å²) in [6, 6.07) is 0. The molecule has 1 aromatic heterocycles. The fourth-order valence-electron chi connectivity index (χ4n) is 0.852. The molecule has 0 saturated heterocycles. The van der Waals surface area contributed by atoms with Crippen molar-refractivity contribution in [3.8, 4) is 0 Å². The molecule has 1 heterocycles. The number of hydrogen-bond acceptors (Lipinski definition) is 4. The van der Waals surface area contributed by atoms with E-state index >= 15 is 0 Å². The third-order valence-electron chi connectivity index (χ3n) is 1.45. The fourth-order valence-corrected chi connectivity index (χ4v) is 2.03. The molecule has 0 fully saturated rings. The topological polar surface area (TPSA) is 24.9 Å². The summed E-state index contributed by atoms with van der Waals surface area (Å²) >= 11 is 3.53. The lowest BCUT2D eigenvalue weighted by Gasteiger charge is -2.00. The second kappa shape index (κ2) is 9.52. The maximum absolute atomic E-state index is 4.18. The molecule has 0 unspecified atom stereocenters. The van der Waals surface area contributed by atoms with Gasteiger partial charge >= 0.3 is 0 Å². The van der Waals surface area contributed by atoms with Gasteiger partial charge in [0.2, 0.25) is 0 Å². The van der Waals surface area contributed by atoms with E-state index in [1.807, 2.05) is 23.3 Å². The normalized spacial score (nSPS) is 9.43. The summed E-state index contributed by atoms with van der Waals surface area (Å²) in [6.07, 6.45) is 1.94. The van der Waals surface area contributed by atoms with Crippen LogP contribution in [0.4, 0.5) is 0 Å². The summed E-state index contributed by atoms with van der Waals surface area (Å²) in [5.41, 5.74) is 3.00. The number of thioether (sulfide) groups is 1. The van der Waals surface area contributed by atoms with Crippen molar-refractivity contribution in [2.24, 2.45) is 0 Å². The highest BCUT2D eigenvalue weighted by molar-refractivity contribution is 7.99. The highest BCUT2D eigenvalue weighted by atomic mass is 35.5. The zero-order valence-electron chi connectivity index (χ0n) is 7.94. The smallest absolute Gasteiger partial charge is 0.0795 e. The molecular formula is C9H15ClN2S2. The number of nitrogens with one attached hydrogen (secondary N) is 1. The maximum Gasteiger partial charge on any atom is 0.0795 e. The highest BCUT2D eigenvalue weighted by Gasteiger charge is 1.92. The molecule has 80 valence electrons. The van der Waals surface area contributed by atoms with Crippen molar-refractivity contribution >= 4 is 35.5 Å². The Morgan fingerprint density at radius 3 is 3.14 bits per heavy atom. The van der Waals surface area contributed by atoms with Crippen molar-refractivity contribution in [3.05, 3.63) is 29.2 Å². The highest BCUT2D eigenvalue weighted by Crippen LogP contribution is 2.00. The zero-order chi connectivity index (χ0) is 9.36. The van der Waals surface area contributed by atoms with Crippen molar-refractivity contribution < 1.29 is 0 Å². The van der Waals surface area contributed by atoms with Crippen molar-refractivity contribution in [2.45, 2.75) is 6.54 Å². The van der Waals surface area contributed by atoms with Crippen LogP contribution in [-0.2, 0) is 6.54 Å². The lowest BCUT2D eigenvalue weighted by atomic mass is 10.5. The molecule has 2 nitrogen and oxygen atoms in total. The molecule has 0 aliphatic heterocycles. The Hall–Kier alpha value is -0.0300. The van der Waals surface area contributed by atoms with Crippen LogP contribution in [-0.4, -0.2) is 23.0 Å². The van der Waals surface area contributed by atoms with Crippen molar-refractivity contribution in [3.63, 3.8) is 0 Å². The first-order valence-corrected chi connectivity index (χ1v) is 6.29. The van der Waals surface area contributed by atoms with E-state index in [4.69, 9.17) is 0 Å². The van der Waals surface area contributed by atoms with Crippen LogP contribution < -0.4 is 5.32 Å². The SMILES string of the molecule is C=CCSCCNCc1cscn1.Cl. The third-order valence-corrected chi connectivity index (χ3v) is 3.05. The summed E-state index contributed by atoms with van der Waals surface area (Å²) in [6.45, 7) is 5.59. The van der Waals surface area contributed by atoms with Gasteiger partial charge in [0, 0.05) is 30.0 Å². The summed E-state index contributed by atoms with van der Waals surface area (Å²) in [5, 5.41) is 5.41. The second-order valence-corrected chi connectivity index (χ2v) is 4.39. The van der Waals surface area contributed by atoms with Crippen molar-refractivity contribution in [2.75, 3.05) is 18.1 Å². The molecule has 0 amide bonds. The molecule has 0 aliphatic rings. The van der Waals surface area contributed by atoms with Gasteiger partial charge in [0.05, 0.1) is 11.2 Å². The lowest BCUT2D eigenvalue weighted by Crippen LogP contribution is -2.16. The number of thiazole rings is 1. The lowest BCUT2D eigenvalue weighted by molar-refractivity contribution is 0.719. The average molecular weight is 251 g/mol. The van der Waals surface area contributed by atoms with Crippen LogP contribution in [0.25, 0.3) is 0 Å². The van der Waals surface area contributed by atoms with Gasteiger partial charge in [-0.1, -0.05) is 6.08 Å². The van der Waals surface area contributed by atoms with Crippen LogP contribution in [0.15, 0.2) is 23.5 Å². The van der Waals surface area contributed by atoms with Gasteiger partial charge in [-0.25, -0.2) is 4.98 Å². The largest absolute Gasteiger partial charge is 0.310 e. The van der Waals surface area contributed by atoms with Gasteiger partial charge in [-0.15, -0.1) is 30.3 Å². The number of halogens is 1. The van der Waals surface area contributed by atoms with Gasteiger partial charge in [0.15, 0.2) is 0 Å². The second-order valence-electron chi connectivity index (χ2n) is 2.52. The van der Waals surface area contributed by atoms with Crippen molar-refractivity contribution in [1.29, 1.82) is 0 Å². The Labute approximate surface area is 99.6 Å². The Balaban J connectivity index is 0.00000169. The number of hydrogen-bond donors (Lipinski definition) is 1. The minimum atomic E-state index is 0. The third kappa shape index (κ3) is 6.43. The van der Waals surface area contributed by atoms with Gasteiger partial charge in [-0.3, -0.25) is 0 Å². The van der Waals surface area contributed by atoms with E-state index in [2.05, 4.69) is 22.3 Å². The molecular weight excluding hydrogens is 236 g/mol. The minimum absolute atomic E-state index is 0. The Kier molecular flexibility index (Phi) is 9.50. The Morgan fingerprint density at radius 1 is 1.64 bits per heavy atom. The molecule has 0 bridgehead atoms. The summed E-state index contributed by atoms with van der Waals surface area (Å²) in [4.78, 5) is 4.18. The van der Waals surface area contributed by atoms with Crippen molar-refractivity contribution in [1.82, 2.24) is 10.3 Å². The molecule has 1 rings (SSSR count). The van der Waals surface area contributed by atoms with E-state index < -0.39 is 0 Å². The molecule has 0 saturated carbocycles. The average Bonchev–Trinajstić information content (AvgIpc) is 2.63. The van der Waals surface area contributed by atoms with Gasteiger partial charge in [0.1, 0.15) is 0 Å². The first-order chi connectivity index (χ1) is 6.43. The predicted octanol–water partition coefficient (Wildman–Crippen LogP) is 2.57. The molecule has 5 heteroatoms. The predicted molar refractivity (Wildman–Crippen MR) is 68.6 cm³/mol. The standard InChI is InChI=1S/C9H14N2S2.ClH/c1-2-4-12-5-3-10-6-9-7-13-8-11-9;/h2,7-8,10H,1,3-6H2;1H. The summed E-state index contributed by atoms with van der Waals surface area (Å²) < 4.78 is 0. The molecule has 0 spiro atoms. The van der Waals surface area contributed by atoms with E-state index in [0.717, 1.165) is 30.3 Å². The van der Waals surface area contributed by atoms with E-state index in [1.54, 1.807) is 11.3 Å². The maximum atomic E-state index is 4.18. The van der Waals surface area contributed by atoms with Crippen LogP contribution in [0.3, 0.4) is 0 Å². The monoisotopic (exact) mass is 250 g/mol. The Morgan fingerprint density at radius 2 is 2.50 bits per heavy atom. The summed E-state index contributed by atoms with van der Waals surface area (Å²) in [7, 11) is 0. The Bertz CT molecular complexity index is 227. The molecule has 1 aromatic rings. The number of rotatable bonds is 7. The van der Waals surface area contributed by atoms with Gasteiger partial charge in [-0.05, 0) is 0 Å². The van der Waals surface area contributed by atoms with E-state index in [0.29, 0.717) is 0 Å². The van der Waals surface area contributed by atoms with Gasteiger partial charge in [0.25, 0.3) is 0 Å². The first-order valence-electron chi connectivity index (χ1n) is 4.20. The number of nitrogens with zero attached hydrogens (tertiary/aromatic N) is 1. The van der Waals surface area contributed by atoms with Gasteiger partial charge in [-0.2, -0.15) is 11.8 Å². The molecule has 0 aliphatic carbocycles. The molecule has 0 radical (unpaired) electrons. The first kappa shape index (κ1) is 14.0. The van der Waals surface area contributed by atoms with Crippen LogP contribution in [0.5, 0.6) is 0 Å². The summed E-state index contributed by atoms with van der Waals surface area (Å²) in [5.74, 6) is 2.18. The van der Waals surface area contributed by atoms with Crippen LogP contribution in [0.2, 0.25) is 0 Å². The van der Waals surface area contributed by atoms with Crippen LogP contribution in [0.1, 0.15) is 5.69 Å². The van der Waals surface area contributed by atoms with E-state index in [-0.39, 0.29) is 12.4 Å².